The lowest BCUT2D eigenvalue weighted by atomic mass is 9.98. The molecule has 0 saturated carbocycles. The molecule has 0 unspecified atom stereocenters. The molecular weight excluding hydrogens is 428 g/mol. The highest BCUT2D eigenvalue weighted by atomic mass is 16.6. The van der Waals surface area contributed by atoms with Crippen molar-refractivity contribution < 1.29 is 19.1 Å². The van der Waals surface area contributed by atoms with Crippen LogP contribution in [0.2, 0.25) is 0 Å². The van der Waals surface area contributed by atoms with Crippen molar-refractivity contribution in [2.24, 2.45) is 0 Å². The molecule has 6 heteroatoms. The normalized spacial score (nSPS) is 12.2. The van der Waals surface area contributed by atoms with E-state index in [1.807, 2.05) is 105 Å². The van der Waals surface area contributed by atoms with Gasteiger partial charge >= 0.3 is 12.1 Å². The first-order valence-corrected chi connectivity index (χ1v) is 11.2. The van der Waals surface area contributed by atoms with Crippen LogP contribution in [0.5, 0.6) is 0 Å². The summed E-state index contributed by atoms with van der Waals surface area (Å²) in [6.07, 6.45) is 1.43. The van der Waals surface area contributed by atoms with Gasteiger partial charge in [-0.05, 0) is 36.6 Å². The fraction of sp³-hybridized carbons (Fsp3) is 0.214. The second-order valence-electron chi connectivity index (χ2n) is 8.62. The molecule has 4 aromatic rings. The number of esters is 1. The molecule has 1 atom stereocenters. The molecule has 0 saturated heterocycles. The highest BCUT2D eigenvalue weighted by molar-refractivity contribution is 5.86. The summed E-state index contributed by atoms with van der Waals surface area (Å²) in [5, 5.41) is 3.70. The number of aromatic amines is 1. The van der Waals surface area contributed by atoms with Crippen LogP contribution in [-0.4, -0.2) is 23.1 Å². The van der Waals surface area contributed by atoms with Gasteiger partial charge in [-0.25, -0.2) is 9.59 Å². The zero-order valence-electron chi connectivity index (χ0n) is 19.3. The van der Waals surface area contributed by atoms with Gasteiger partial charge in [-0.3, -0.25) is 0 Å². The Labute approximate surface area is 198 Å². The minimum Gasteiger partial charge on any atom is -0.453 e. The highest BCUT2D eigenvalue weighted by Gasteiger charge is 2.31. The Balaban J connectivity index is 1.51. The Kier molecular flexibility index (Phi) is 6.97. The van der Waals surface area contributed by atoms with Crippen molar-refractivity contribution in [1.82, 2.24) is 10.3 Å². The summed E-state index contributed by atoms with van der Waals surface area (Å²) >= 11 is 0. The molecule has 34 heavy (non-hydrogen) atoms. The van der Waals surface area contributed by atoms with Crippen molar-refractivity contribution in [2.75, 3.05) is 0 Å². The van der Waals surface area contributed by atoms with Crippen LogP contribution in [0.15, 0.2) is 91.1 Å². The van der Waals surface area contributed by atoms with E-state index in [4.69, 9.17) is 9.47 Å². The van der Waals surface area contributed by atoms with E-state index in [-0.39, 0.29) is 13.0 Å². The number of alkyl carbamates (subject to hydrolysis) is 1. The maximum absolute atomic E-state index is 13.3. The Morgan fingerprint density at radius 3 is 2.29 bits per heavy atom. The van der Waals surface area contributed by atoms with E-state index >= 15 is 0 Å². The van der Waals surface area contributed by atoms with Gasteiger partial charge in [0.25, 0.3) is 0 Å². The number of rotatable bonds is 8. The standard InChI is InChI=1S/C28H28N2O4/c1-28(2,22-13-7-4-8-14-22)34-26(31)25(17-21-18-29-24-16-10-9-15-23(21)24)30-27(32)33-19-20-11-5-3-6-12-20/h3-16,18,25,29H,17,19H2,1-2H3,(H,30,32)/t25-/m1/s1. The number of carbonyl (C=O) groups excluding carboxylic acids is 2. The van der Waals surface area contributed by atoms with Crippen LogP contribution in [0.4, 0.5) is 4.79 Å². The largest absolute Gasteiger partial charge is 0.453 e. The third-order valence-electron chi connectivity index (χ3n) is 5.71. The number of para-hydroxylation sites is 1. The smallest absolute Gasteiger partial charge is 0.408 e. The van der Waals surface area contributed by atoms with Gasteiger partial charge in [0.15, 0.2) is 0 Å². The maximum atomic E-state index is 13.3. The third-order valence-corrected chi connectivity index (χ3v) is 5.71. The van der Waals surface area contributed by atoms with Crippen molar-refractivity contribution in [3.63, 3.8) is 0 Å². The van der Waals surface area contributed by atoms with Crippen LogP contribution in [0.3, 0.4) is 0 Å². The van der Waals surface area contributed by atoms with Crippen LogP contribution in [0.25, 0.3) is 10.9 Å². The molecule has 6 nitrogen and oxygen atoms in total. The Morgan fingerprint density at radius 2 is 1.56 bits per heavy atom. The first-order chi connectivity index (χ1) is 16.4. The predicted molar refractivity (Wildman–Crippen MR) is 131 cm³/mol. The lowest BCUT2D eigenvalue weighted by Gasteiger charge is -2.28. The van der Waals surface area contributed by atoms with Gasteiger partial charge in [0.05, 0.1) is 0 Å². The Morgan fingerprint density at radius 1 is 0.912 bits per heavy atom. The van der Waals surface area contributed by atoms with E-state index < -0.39 is 23.7 Å². The molecule has 1 amide bonds. The number of H-pyrrole nitrogens is 1. The first-order valence-electron chi connectivity index (χ1n) is 11.2. The number of hydrogen-bond acceptors (Lipinski definition) is 4. The van der Waals surface area contributed by atoms with Gasteiger partial charge < -0.3 is 19.8 Å². The van der Waals surface area contributed by atoms with E-state index in [1.54, 1.807) is 0 Å². The summed E-state index contributed by atoms with van der Waals surface area (Å²) in [5.74, 6) is -0.532. The van der Waals surface area contributed by atoms with Crippen molar-refractivity contribution >= 4 is 23.0 Å². The molecule has 0 bridgehead atoms. The lowest BCUT2D eigenvalue weighted by Crippen LogP contribution is -2.45. The summed E-state index contributed by atoms with van der Waals surface area (Å²) in [6.45, 7) is 3.77. The molecule has 1 aromatic heterocycles. The first kappa shape index (κ1) is 23.1. The minimum absolute atomic E-state index is 0.108. The fourth-order valence-corrected chi connectivity index (χ4v) is 3.84. The highest BCUT2D eigenvalue weighted by Crippen LogP contribution is 2.26. The second-order valence-corrected chi connectivity index (χ2v) is 8.62. The zero-order valence-corrected chi connectivity index (χ0v) is 19.3. The summed E-state index contributed by atoms with van der Waals surface area (Å²) in [4.78, 5) is 29.1. The van der Waals surface area contributed by atoms with Crippen molar-refractivity contribution in [3.8, 4) is 0 Å². The van der Waals surface area contributed by atoms with Crippen molar-refractivity contribution in [2.45, 2.75) is 38.5 Å². The predicted octanol–water partition coefficient (Wildman–Crippen LogP) is 5.48. The van der Waals surface area contributed by atoms with Crippen LogP contribution in [0.1, 0.15) is 30.5 Å². The third kappa shape index (κ3) is 5.64. The molecule has 0 fully saturated rings. The molecule has 2 N–H and O–H groups in total. The van der Waals surface area contributed by atoms with Crippen LogP contribution < -0.4 is 5.32 Å². The summed E-state index contributed by atoms with van der Waals surface area (Å²) in [5.41, 5.74) is 2.71. The molecule has 4 rings (SSSR count). The van der Waals surface area contributed by atoms with Gasteiger partial charge in [0.1, 0.15) is 18.2 Å². The van der Waals surface area contributed by atoms with Crippen LogP contribution in [-0.2, 0) is 32.9 Å². The molecule has 3 aromatic carbocycles. The summed E-state index contributed by atoms with van der Waals surface area (Å²) < 4.78 is 11.3. The van der Waals surface area contributed by atoms with Gasteiger partial charge in [0, 0.05) is 23.5 Å². The number of amides is 1. The molecule has 0 radical (unpaired) electrons. The van der Waals surface area contributed by atoms with E-state index in [0.29, 0.717) is 0 Å². The topological polar surface area (TPSA) is 80.4 Å². The van der Waals surface area contributed by atoms with Crippen LogP contribution >= 0.6 is 0 Å². The summed E-state index contributed by atoms with van der Waals surface area (Å²) in [6, 6.07) is 25.8. The minimum atomic E-state index is -0.925. The molecular formula is C28H28N2O4. The lowest BCUT2D eigenvalue weighted by molar-refractivity contribution is -0.160. The van der Waals surface area contributed by atoms with E-state index in [2.05, 4.69) is 10.3 Å². The number of fused-ring (bicyclic) bond motifs is 1. The fourth-order valence-electron chi connectivity index (χ4n) is 3.84. The van der Waals surface area contributed by atoms with Crippen LogP contribution in [0, 0.1) is 0 Å². The molecule has 0 spiro atoms. The SMILES string of the molecule is CC(C)(OC(=O)[C@@H](Cc1c[nH]c2ccccc12)NC(=O)OCc1ccccc1)c1ccccc1. The molecule has 1 heterocycles. The average molecular weight is 457 g/mol. The van der Waals surface area contributed by atoms with Crippen molar-refractivity contribution in [1.29, 1.82) is 0 Å². The molecule has 174 valence electrons. The van der Waals surface area contributed by atoms with E-state index in [1.165, 1.54) is 0 Å². The number of carbonyl (C=O) groups is 2. The number of nitrogens with one attached hydrogen (secondary N) is 2. The monoisotopic (exact) mass is 456 g/mol. The number of aromatic nitrogens is 1. The van der Waals surface area contributed by atoms with E-state index in [0.717, 1.165) is 27.6 Å². The van der Waals surface area contributed by atoms with Gasteiger partial charge in [-0.1, -0.05) is 78.9 Å². The Hall–Kier alpha value is -4.06. The number of benzene rings is 3. The Bertz CT molecular complexity index is 1250. The molecule has 0 aliphatic heterocycles. The number of ether oxygens (including phenoxy) is 2. The van der Waals surface area contributed by atoms with Gasteiger partial charge in [-0.15, -0.1) is 0 Å². The maximum Gasteiger partial charge on any atom is 0.408 e. The van der Waals surface area contributed by atoms with Gasteiger partial charge in [-0.2, -0.15) is 0 Å². The molecule has 0 aliphatic carbocycles. The quantitative estimate of drug-likeness (QED) is 0.344. The summed E-state index contributed by atoms with van der Waals surface area (Å²) in [7, 11) is 0. The zero-order chi connectivity index (χ0) is 24.0. The molecule has 0 aliphatic rings. The van der Waals surface area contributed by atoms with Gasteiger partial charge in [0.2, 0.25) is 0 Å². The van der Waals surface area contributed by atoms with E-state index in [9.17, 15) is 9.59 Å². The second kappa shape index (κ2) is 10.3. The average Bonchev–Trinajstić information content (AvgIpc) is 3.26. The number of hydrogen-bond donors (Lipinski definition) is 2. The van der Waals surface area contributed by atoms with Crippen molar-refractivity contribution in [3.05, 3.63) is 108 Å².